The number of hydrogen-bond acceptors (Lipinski definition) is 2. The van der Waals surface area contributed by atoms with Crippen molar-refractivity contribution >= 4 is 51.3 Å². The van der Waals surface area contributed by atoms with Crippen LogP contribution in [0.2, 0.25) is 0 Å². The Balaban J connectivity index is 2.30. The second-order valence-corrected chi connectivity index (χ2v) is 5.96. The zero-order valence-electron chi connectivity index (χ0n) is 8.57. The molecular formula is C9H11I2N3O2. The van der Waals surface area contributed by atoms with Crippen molar-refractivity contribution < 1.29 is 9.90 Å². The van der Waals surface area contributed by atoms with E-state index in [4.69, 9.17) is 0 Å². The number of nitrogens with one attached hydrogen (secondary N) is 1. The van der Waals surface area contributed by atoms with E-state index < -0.39 is 6.09 Å². The number of amides is 1. The first-order valence-corrected chi connectivity index (χ1v) is 7.08. The summed E-state index contributed by atoms with van der Waals surface area (Å²) < 4.78 is 1.87. The lowest BCUT2D eigenvalue weighted by Crippen LogP contribution is -2.34. The lowest BCUT2D eigenvalue weighted by molar-refractivity contribution is 0.123. The molecule has 2 unspecified atom stereocenters. The predicted octanol–water partition coefficient (Wildman–Crippen LogP) is 2.82. The lowest BCUT2D eigenvalue weighted by Gasteiger charge is -2.23. The molecule has 5 nitrogen and oxygen atoms in total. The Kier molecular flexibility index (Phi) is 3.62. The molecule has 88 valence electrons. The maximum absolute atomic E-state index is 11.2. The molecule has 1 aromatic rings. The van der Waals surface area contributed by atoms with Gasteiger partial charge >= 0.3 is 6.09 Å². The monoisotopic (exact) mass is 447 g/mol. The highest BCUT2D eigenvalue weighted by Crippen LogP contribution is 2.35. The van der Waals surface area contributed by atoms with Gasteiger partial charge in [0.25, 0.3) is 0 Å². The van der Waals surface area contributed by atoms with Crippen LogP contribution in [0.15, 0.2) is 0 Å². The molecule has 0 aliphatic carbocycles. The minimum atomic E-state index is -0.864. The van der Waals surface area contributed by atoms with Crippen molar-refractivity contribution in [3.05, 3.63) is 13.2 Å². The first-order valence-electron chi connectivity index (χ1n) is 4.93. The van der Waals surface area contributed by atoms with Gasteiger partial charge < -0.3 is 10.1 Å². The third-order valence-electron chi connectivity index (χ3n) is 2.84. The molecule has 16 heavy (non-hydrogen) atoms. The highest BCUT2D eigenvalue weighted by molar-refractivity contribution is 14.1. The number of carboxylic acid groups (broad SMARTS) is 1. The molecule has 1 aromatic heterocycles. The molecule has 7 heteroatoms. The standard InChI is InChI=1S/C9H11I2N3O2/c1-4-2-3-5(14(4)9(15)16)8-12-6(10)7(11)13-8/h4-5H,2-3H2,1H3,(H,12,13)(H,15,16). The maximum Gasteiger partial charge on any atom is 0.408 e. The van der Waals surface area contributed by atoms with Crippen LogP contribution in [0, 0.1) is 7.40 Å². The average Bonchev–Trinajstić information content (AvgIpc) is 2.71. The number of rotatable bonds is 1. The van der Waals surface area contributed by atoms with Gasteiger partial charge in [0, 0.05) is 6.04 Å². The van der Waals surface area contributed by atoms with Gasteiger partial charge in [-0.3, -0.25) is 4.90 Å². The van der Waals surface area contributed by atoms with Crippen LogP contribution in [0.5, 0.6) is 0 Å². The number of H-pyrrole nitrogens is 1. The molecular weight excluding hydrogens is 436 g/mol. The van der Waals surface area contributed by atoms with Gasteiger partial charge in [-0.25, -0.2) is 9.78 Å². The molecule has 0 bridgehead atoms. The van der Waals surface area contributed by atoms with E-state index in [1.807, 2.05) is 6.92 Å². The molecule has 2 rings (SSSR count). The van der Waals surface area contributed by atoms with E-state index in [9.17, 15) is 9.90 Å². The molecule has 1 amide bonds. The number of aromatic amines is 1. The van der Waals surface area contributed by atoms with Crippen LogP contribution < -0.4 is 0 Å². The number of imidazole rings is 1. The summed E-state index contributed by atoms with van der Waals surface area (Å²) in [5, 5.41) is 9.17. The van der Waals surface area contributed by atoms with Gasteiger partial charge in [-0.05, 0) is 64.9 Å². The molecule has 0 aromatic carbocycles. The van der Waals surface area contributed by atoms with Crippen LogP contribution in [0.4, 0.5) is 4.79 Å². The van der Waals surface area contributed by atoms with Gasteiger partial charge in [0.15, 0.2) is 0 Å². The van der Waals surface area contributed by atoms with E-state index in [0.29, 0.717) is 0 Å². The molecule has 1 aliphatic rings. The Hall–Kier alpha value is -0.0600. The summed E-state index contributed by atoms with van der Waals surface area (Å²) in [5.41, 5.74) is 0. The van der Waals surface area contributed by atoms with Gasteiger partial charge in [-0.15, -0.1) is 0 Å². The van der Waals surface area contributed by atoms with Crippen molar-refractivity contribution in [2.45, 2.75) is 31.8 Å². The molecule has 1 aliphatic heterocycles. The van der Waals surface area contributed by atoms with Crippen LogP contribution in [0.3, 0.4) is 0 Å². The average molecular weight is 447 g/mol. The summed E-state index contributed by atoms with van der Waals surface area (Å²) in [5.74, 6) is 0.764. The van der Waals surface area contributed by atoms with E-state index in [-0.39, 0.29) is 12.1 Å². The number of likely N-dealkylation sites (tertiary alicyclic amines) is 1. The maximum atomic E-state index is 11.2. The summed E-state index contributed by atoms with van der Waals surface area (Å²) in [4.78, 5) is 20.2. The molecule has 1 fully saturated rings. The Morgan fingerprint density at radius 3 is 2.75 bits per heavy atom. The minimum Gasteiger partial charge on any atom is -0.465 e. The Bertz CT molecular complexity index is 401. The van der Waals surface area contributed by atoms with E-state index in [1.54, 1.807) is 0 Å². The molecule has 0 saturated carbocycles. The third-order valence-corrected chi connectivity index (χ3v) is 5.44. The van der Waals surface area contributed by atoms with Gasteiger partial charge in [-0.1, -0.05) is 0 Å². The van der Waals surface area contributed by atoms with Gasteiger partial charge in [-0.2, -0.15) is 0 Å². The molecule has 2 atom stereocenters. The summed E-state index contributed by atoms with van der Waals surface area (Å²) in [7, 11) is 0. The number of carbonyl (C=O) groups is 1. The fraction of sp³-hybridized carbons (Fsp3) is 0.556. The molecule has 2 heterocycles. The summed E-state index contributed by atoms with van der Waals surface area (Å²) >= 11 is 4.32. The summed E-state index contributed by atoms with van der Waals surface area (Å²) in [6.45, 7) is 1.94. The SMILES string of the molecule is CC1CCC(c2nc(I)c(I)[nH]2)N1C(=O)O. The van der Waals surface area contributed by atoms with Crippen molar-refractivity contribution in [3.8, 4) is 0 Å². The zero-order chi connectivity index (χ0) is 11.9. The fourth-order valence-corrected chi connectivity index (χ4v) is 2.87. The van der Waals surface area contributed by atoms with Crippen LogP contribution in [-0.2, 0) is 0 Å². The molecule has 2 N–H and O–H groups in total. The first kappa shape index (κ1) is 12.4. The molecule has 0 radical (unpaired) electrons. The number of aromatic nitrogens is 2. The largest absolute Gasteiger partial charge is 0.465 e. The summed E-state index contributed by atoms with van der Waals surface area (Å²) in [6.07, 6.45) is 0.870. The van der Waals surface area contributed by atoms with Crippen molar-refractivity contribution in [3.63, 3.8) is 0 Å². The van der Waals surface area contributed by atoms with E-state index in [1.165, 1.54) is 4.90 Å². The number of hydrogen-bond donors (Lipinski definition) is 2. The normalized spacial score (nSPS) is 25.1. The highest BCUT2D eigenvalue weighted by atomic mass is 127. The number of halogens is 2. The quantitative estimate of drug-likeness (QED) is 0.652. The second kappa shape index (κ2) is 4.67. The molecule has 1 saturated heterocycles. The van der Waals surface area contributed by atoms with Crippen molar-refractivity contribution in [1.29, 1.82) is 0 Å². The predicted molar refractivity (Wildman–Crippen MR) is 75.3 cm³/mol. The number of nitrogens with zero attached hydrogens (tertiary/aromatic N) is 2. The Labute approximate surface area is 120 Å². The smallest absolute Gasteiger partial charge is 0.408 e. The van der Waals surface area contributed by atoms with Gasteiger partial charge in [0.1, 0.15) is 13.2 Å². The van der Waals surface area contributed by atoms with Crippen LogP contribution in [-0.4, -0.2) is 32.1 Å². The molecule has 0 spiro atoms. The highest BCUT2D eigenvalue weighted by Gasteiger charge is 2.37. The zero-order valence-corrected chi connectivity index (χ0v) is 12.9. The lowest BCUT2D eigenvalue weighted by atomic mass is 10.2. The third kappa shape index (κ3) is 2.15. The Morgan fingerprint density at radius 1 is 1.56 bits per heavy atom. The van der Waals surface area contributed by atoms with Gasteiger partial charge in [0.05, 0.1) is 6.04 Å². The van der Waals surface area contributed by atoms with E-state index in [2.05, 4.69) is 55.1 Å². The fourth-order valence-electron chi connectivity index (χ4n) is 2.08. The van der Waals surface area contributed by atoms with Crippen LogP contribution in [0.1, 0.15) is 31.6 Å². The van der Waals surface area contributed by atoms with Crippen LogP contribution in [0.25, 0.3) is 0 Å². The van der Waals surface area contributed by atoms with E-state index >= 15 is 0 Å². The second-order valence-electron chi connectivity index (χ2n) is 3.86. The Morgan fingerprint density at radius 2 is 2.25 bits per heavy atom. The van der Waals surface area contributed by atoms with E-state index in [0.717, 1.165) is 26.1 Å². The first-order chi connectivity index (χ1) is 7.50. The van der Waals surface area contributed by atoms with Crippen molar-refractivity contribution in [2.24, 2.45) is 0 Å². The van der Waals surface area contributed by atoms with Crippen LogP contribution >= 0.6 is 45.2 Å². The van der Waals surface area contributed by atoms with Crippen molar-refractivity contribution in [2.75, 3.05) is 0 Å². The van der Waals surface area contributed by atoms with Crippen molar-refractivity contribution in [1.82, 2.24) is 14.9 Å². The van der Waals surface area contributed by atoms with Gasteiger partial charge in [0.2, 0.25) is 0 Å². The topological polar surface area (TPSA) is 69.2 Å². The minimum absolute atomic E-state index is 0.0722. The summed E-state index contributed by atoms with van der Waals surface area (Å²) in [6, 6.07) is -0.0487.